The molecular weight excluding hydrogens is 755 g/mol. The first-order valence-corrected chi connectivity index (χ1v) is 22.7. The predicted molar refractivity (Wildman–Crippen MR) is 223 cm³/mol. The maximum atomic E-state index is 13.0. The van der Waals surface area contributed by atoms with Crippen molar-refractivity contribution in [1.29, 1.82) is 0 Å². The molecule has 0 aromatic rings. The Labute approximate surface area is 342 Å². The number of nitrogens with one attached hydrogen (secondary N) is 1. The summed E-state index contributed by atoms with van der Waals surface area (Å²) in [4.78, 5) is 13.0. The Hall–Kier alpha value is -2.24. The summed E-state index contributed by atoms with van der Waals surface area (Å²) in [5.41, 5.74) is 0. The van der Waals surface area contributed by atoms with Gasteiger partial charge < -0.3 is 40.3 Å². The summed E-state index contributed by atoms with van der Waals surface area (Å²) in [5, 5.41) is 54.9. The van der Waals surface area contributed by atoms with Gasteiger partial charge in [-0.3, -0.25) is 9.35 Å². The number of allylic oxidation sites excluding steroid dienone is 9. The molecule has 8 unspecified atom stereocenters. The third kappa shape index (κ3) is 26.5. The maximum Gasteiger partial charge on any atom is 0.397 e. The fraction of sp³-hybridized carbons (Fsp3) is 0.744. The van der Waals surface area contributed by atoms with Gasteiger partial charge in [0.25, 0.3) is 0 Å². The van der Waals surface area contributed by atoms with Gasteiger partial charge in [0.2, 0.25) is 5.91 Å². The number of aliphatic hydroxyl groups is 5. The minimum Gasteiger partial charge on any atom is -0.394 e. The van der Waals surface area contributed by atoms with Gasteiger partial charge in [0, 0.05) is 0 Å². The number of amides is 1. The van der Waals surface area contributed by atoms with Crippen LogP contribution in [-0.4, -0.2) is 107 Å². The van der Waals surface area contributed by atoms with Crippen molar-refractivity contribution < 1.29 is 57.0 Å². The van der Waals surface area contributed by atoms with Crippen molar-refractivity contribution in [3.8, 4) is 0 Å². The second-order valence-corrected chi connectivity index (χ2v) is 15.7. The maximum absolute atomic E-state index is 13.0. The lowest BCUT2D eigenvalue weighted by Gasteiger charge is -2.41. The molecule has 0 saturated carbocycles. The molecule has 0 aromatic heterocycles. The Balaban J connectivity index is 2.60. The van der Waals surface area contributed by atoms with Crippen LogP contribution in [0.1, 0.15) is 142 Å². The van der Waals surface area contributed by atoms with E-state index in [4.69, 9.17) is 14.0 Å². The third-order valence-electron chi connectivity index (χ3n) is 9.65. The quantitative estimate of drug-likeness (QED) is 0.0161. The van der Waals surface area contributed by atoms with Crippen LogP contribution in [-0.2, 0) is 28.9 Å². The molecule has 0 spiro atoms. The molecule has 13 nitrogen and oxygen atoms in total. The van der Waals surface area contributed by atoms with Crippen LogP contribution < -0.4 is 5.32 Å². The van der Waals surface area contributed by atoms with Crippen LogP contribution in [0.15, 0.2) is 60.8 Å². The number of rotatable bonds is 34. The van der Waals surface area contributed by atoms with E-state index in [2.05, 4.69) is 65.9 Å². The predicted octanol–water partition coefficient (Wildman–Crippen LogP) is 6.46. The summed E-state index contributed by atoms with van der Waals surface area (Å²) in [6.07, 6.45) is 29.0. The summed E-state index contributed by atoms with van der Waals surface area (Å²) in [5.74, 6) is -0.727. The van der Waals surface area contributed by atoms with Gasteiger partial charge in [0.15, 0.2) is 6.29 Å². The van der Waals surface area contributed by atoms with Crippen molar-refractivity contribution in [3.63, 3.8) is 0 Å². The van der Waals surface area contributed by atoms with Gasteiger partial charge in [-0.1, -0.05) is 139 Å². The first-order chi connectivity index (χ1) is 27.4. The van der Waals surface area contributed by atoms with Crippen molar-refractivity contribution in [2.24, 2.45) is 0 Å². The second-order valence-electron chi connectivity index (χ2n) is 14.7. The third-order valence-corrected chi connectivity index (χ3v) is 10.1. The first-order valence-electron chi connectivity index (χ1n) is 21.3. The molecule has 330 valence electrons. The molecule has 14 heteroatoms. The number of ether oxygens (including phenoxy) is 2. The fourth-order valence-electron chi connectivity index (χ4n) is 6.25. The van der Waals surface area contributed by atoms with Crippen molar-refractivity contribution in [2.75, 3.05) is 13.2 Å². The summed E-state index contributed by atoms with van der Waals surface area (Å²) in [6, 6.07) is -1.14. The highest BCUT2D eigenvalue weighted by Crippen LogP contribution is 2.26. The van der Waals surface area contributed by atoms with Gasteiger partial charge in [0.1, 0.15) is 30.5 Å². The Morgan fingerprint density at radius 3 is 1.84 bits per heavy atom. The summed E-state index contributed by atoms with van der Waals surface area (Å²) < 4.78 is 47.3. The number of aliphatic hydroxyl groups excluding tert-OH is 5. The molecule has 0 bridgehead atoms. The topological polar surface area (TPSA) is 212 Å². The van der Waals surface area contributed by atoms with Crippen LogP contribution in [0, 0.1) is 0 Å². The van der Waals surface area contributed by atoms with Crippen molar-refractivity contribution in [3.05, 3.63) is 60.8 Å². The van der Waals surface area contributed by atoms with Gasteiger partial charge in [-0.25, -0.2) is 4.18 Å². The smallest absolute Gasteiger partial charge is 0.394 e. The number of carbonyl (C=O) groups is 1. The molecule has 0 radical (unpaired) electrons. The van der Waals surface area contributed by atoms with E-state index in [9.17, 15) is 38.7 Å². The summed E-state index contributed by atoms with van der Waals surface area (Å²) in [6.45, 7) is 3.00. The highest BCUT2D eigenvalue weighted by molar-refractivity contribution is 7.80. The van der Waals surface area contributed by atoms with E-state index in [1.165, 1.54) is 51.0 Å². The zero-order valence-electron chi connectivity index (χ0n) is 34.5. The summed E-state index contributed by atoms with van der Waals surface area (Å²) >= 11 is 0. The van der Waals surface area contributed by atoms with Gasteiger partial charge in [-0.05, 0) is 64.2 Å². The number of unbranched alkanes of at least 4 members (excludes halogenated alkanes) is 14. The molecular formula is C43H75NO12S. The van der Waals surface area contributed by atoms with E-state index >= 15 is 0 Å². The molecule has 1 rings (SSSR count). The minimum absolute atomic E-state index is 0.225. The lowest BCUT2D eigenvalue weighted by Crippen LogP contribution is -2.61. The molecule has 1 saturated heterocycles. The lowest BCUT2D eigenvalue weighted by molar-refractivity contribution is -0.298. The highest BCUT2D eigenvalue weighted by Gasteiger charge is 2.48. The zero-order chi connectivity index (χ0) is 42.2. The standard InChI is InChI=1S/C43H75NO12S/c1-3-5-7-9-11-13-15-16-17-18-19-20-21-22-24-26-28-30-32-37(47)42(50)44-35(36(46)31-29-27-25-23-14-12-10-8-6-4-2)34-54-43-40(49)41(56-57(51,52)53)39(48)38(33-45)55-43/h6,8,11,13-16,23,29,31,35-41,43,45-49H,3-5,7,9-10,12,17-22,24-28,30,32-34H2,1-2H3,(H,44,50)(H,51,52,53)/b8-6+,13-11-,16-15-,23-14+,31-29+. The minimum atomic E-state index is -5.12. The van der Waals surface area contributed by atoms with Crippen LogP contribution in [0.3, 0.4) is 0 Å². The zero-order valence-corrected chi connectivity index (χ0v) is 35.3. The van der Waals surface area contributed by atoms with Crippen LogP contribution in [0.5, 0.6) is 0 Å². The molecule has 1 amide bonds. The van der Waals surface area contributed by atoms with Gasteiger partial charge in [-0.2, -0.15) is 8.42 Å². The van der Waals surface area contributed by atoms with Crippen molar-refractivity contribution in [2.45, 2.75) is 191 Å². The Kier molecular flexibility index (Phi) is 31.1. The van der Waals surface area contributed by atoms with Gasteiger partial charge in [0.05, 0.1) is 25.4 Å². The van der Waals surface area contributed by atoms with Gasteiger partial charge >= 0.3 is 10.4 Å². The molecule has 57 heavy (non-hydrogen) atoms. The molecule has 1 aliphatic heterocycles. The van der Waals surface area contributed by atoms with E-state index in [1.807, 2.05) is 6.08 Å². The summed E-state index contributed by atoms with van der Waals surface area (Å²) in [7, 11) is -5.12. The monoisotopic (exact) mass is 830 g/mol. The van der Waals surface area contributed by atoms with E-state index in [1.54, 1.807) is 6.08 Å². The highest BCUT2D eigenvalue weighted by atomic mass is 32.3. The van der Waals surface area contributed by atoms with Crippen molar-refractivity contribution >= 4 is 16.3 Å². The lowest BCUT2D eigenvalue weighted by atomic mass is 9.99. The van der Waals surface area contributed by atoms with Gasteiger partial charge in [-0.15, -0.1) is 0 Å². The van der Waals surface area contributed by atoms with E-state index in [0.717, 1.165) is 64.2 Å². The molecule has 1 aliphatic rings. The van der Waals surface area contributed by atoms with Crippen LogP contribution in [0.2, 0.25) is 0 Å². The second kappa shape index (κ2) is 33.6. The average molecular weight is 830 g/mol. The van der Waals surface area contributed by atoms with Crippen LogP contribution in [0.4, 0.5) is 0 Å². The Morgan fingerprint density at radius 1 is 0.737 bits per heavy atom. The average Bonchev–Trinajstić information content (AvgIpc) is 3.18. The molecule has 7 N–H and O–H groups in total. The van der Waals surface area contributed by atoms with Crippen LogP contribution >= 0.6 is 0 Å². The van der Waals surface area contributed by atoms with Crippen molar-refractivity contribution in [1.82, 2.24) is 5.32 Å². The normalized spacial score (nSPS) is 22.4. The SMILES string of the molecule is CC/C=C/CC/C=C/CC/C=C/C(O)C(COC1OC(CO)C(O)C(OS(=O)(=O)O)C1O)NC(=O)C(O)CCCCCCCCCCC/C=C\C=C/CCCCC. The Morgan fingerprint density at radius 2 is 1.28 bits per heavy atom. The molecule has 0 aromatic carbocycles. The van der Waals surface area contributed by atoms with E-state index in [-0.39, 0.29) is 6.42 Å². The first kappa shape index (κ1) is 52.8. The van der Waals surface area contributed by atoms with E-state index < -0.39 is 78.5 Å². The number of hydrogen-bond donors (Lipinski definition) is 7. The number of hydrogen-bond acceptors (Lipinski definition) is 11. The van der Waals surface area contributed by atoms with Crippen LogP contribution in [0.25, 0.3) is 0 Å². The number of carbonyl (C=O) groups excluding carboxylic acids is 1. The molecule has 0 aliphatic carbocycles. The Bertz CT molecular complexity index is 1270. The largest absolute Gasteiger partial charge is 0.397 e. The van der Waals surface area contributed by atoms with E-state index in [0.29, 0.717) is 12.8 Å². The molecule has 1 heterocycles. The molecule has 8 atom stereocenters. The molecule has 1 fully saturated rings. The fourth-order valence-corrected chi connectivity index (χ4v) is 6.76.